The molecular formula is C15H24N4O2. The van der Waals surface area contributed by atoms with Gasteiger partial charge in [-0.05, 0) is 40.2 Å². The molecule has 2 rings (SSSR count). The van der Waals surface area contributed by atoms with Crippen LogP contribution in [0.1, 0.15) is 32.0 Å². The molecule has 1 saturated heterocycles. The van der Waals surface area contributed by atoms with E-state index in [9.17, 15) is 4.79 Å². The summed E-state index contributed by atoms with van der Waals surface area (Å²) in [6, 6.07) is -0.389. The van der Waals surface area contributed by atoms with Crippen LogP contribution in [0, 0.1) is 13.8 Å². The molecule has 116 valence electrons. The van der Waals surface area contributed by atoms with Crippen molar-refractivity contribution in [1.29, 1.82) is 0 Å². The van der Waals surface area contributed by atoms with Crippen molar-refractivity contribution in [2.75, 3.05) is 24.5 Å². The van der Waals surface area contributed by atoms with Crippen molar-refractivity contribution in [2.24, 2.45) is 0 Å². The van der Waals surface area contributed by atoms with Crippen molar-refractivity contribution in [3.63, 3.8) is 0 Å². The molecule has 0 spiro atoms. The average molecular weight is 292 g/mol. The summed E-state index contributed by atoms with van der Waals surface area (Å²) in [7, 11) is 0. The summed E-state index contributed by atoms with van der Waals surface area (Å²) in [6.07, 6.45) is 1.80. The Labute approximate surface area is 125 Å². The number of nitrogens with one attached hydrogen (secondary N) is 1. The van der Waals surface area contributed by atoms with Crippen LogP contribution in [-0.4, -0.2) is 47.2 Å². The number of hydrogen-bond donors (Lipinski definition) is 1. The molecule has 0 amide bonds. The monoisotopic (exact) mass is 292 g/mol. The number of anilines is 1. The smallest absolute Gasteiger partial charge is 0.330 e. The van der Waals surface area contributed by atoms with E-state index in [1.807, 2.05) is 39.5 Å². The minimum Gasteiger partial charge on any atom is -0.458 e. The van der Waals surface area contributed by atoms with Gasteiger partial charge in [-0.25, -0.2) is 14.8 Å². The van der Waals surface area contributed by atoms with Crippen molar-refractivity contribution in [3.05, 3.63) is 17.5 Å². The lowest BCUT2D eigenvalue weighted by molar-refractivity contribution is -0.156. The Hall–Kier alpha value is -1.69. The maximum absolute atomic E-state index is 12.4. The second-order valence-electron chi connectivity index (χ2n) is 6.39. The Balaban J connectivity index is 2.22. The summed E-state index contributed by atoms with van der Waals surface area (Å²) in [5, 5.41) is 3.23. The first-order chi connectivity index (χ1) is 9.78. The largest absolute Gasteiger partial charge is 0.458 e. The summed E-state index contributed by atoms with van der Waals surface area (Å²) in [5.74, 6) is 0.354. The number of esters is 1. The fourth-order valence-electron chi connectivity index (χ4n) is 2.18. The lowest BCUT2D eigenvalue weighted by Gasteiger charge is -2.36. The summed E-state index contributed by atoms with van der Waals surface area (Å²) in [6.45, 7) is 11.6. The van der Waals surface area contributed by atoms with Gasteiger partial charge >= 0.3 is 5.97 Å². The zero-order valence-corrected chi connectivity index (χ0v) is 13.4. The fraction of sp³-hybridized carbons (Fsp3) is 0.667. The van der Waals surface area contributed by atoms with E-state index in [2.05, 4.69) is 15.3 Å². The Morgan fingerprint density at radius 1 is 1.43 bits per heavy atom. The zero-order chi connectivity index (χ0) is 15.6. The van der Waals surface area contributed by atoms with Crippen molar-refractivity contribution in [2.45, 2.75) is 46.3 Å². The molecule has 1 fully saturated rings. The van der Waals surface area contributed by atoms with E-state index >= 15 is 0 Å². The van der Waals surface area contributed by atoms with Gasteiger partial charge in [-0.15, -0.1) is 0 Å². The Kier molecular flexibility index (Phi) is 4.46. The molecule has 0 bridgehead atoms. The van der Waals surface area contributed by atoms with Gasteiger partial charge in [0.25, 0.3) is 0 Å². The van der Waals surface area contributed by atoms with Gasteiger partial charge in [0, 0.05) is 31.5 Å². The molecule has 0 aromatic carbocycles. The van der Waals surface area contributed by atoms with Crippen LogP contribution in [-0.2, 0) is 9.53 Å². The molecule has 1 atom stereocenters. The van der Waals surface area contributed by atoms with E-state index in [0.717, 1.165) is 17.8 Å². The third kappa shape index (κ3) is 3.91. The number of carbonyl (C=O) groups is 1. The highest BCUT2D eigenvalue weighted by Crippen LogP contribution is 2.18. The molecule has 1 aromatic rings. The zero-order valence-electron chi connectivity index (χ0n) is 13.4. The molecule has 0 aliphatic carbocycles. The summed E-state index contributed by atoms with van der Waals surface area (Å²) in [4.78, 5) is 23.2. The maximum atomic E-state index is 12.4. The van der Waals surface area contributed by atoms with Crippen LogP contribution in [0.4, 0.5) is 5.95 Å². The van der Waals surface area contributed by atoms with E-state index in [-0.39, 0.29) is 12.0 Å². The van der Waals surface area contributed by atoms with Crippen LogP contribution in [0.3, 0.4) is 0 Å². The van der Waals surface area contributed by atoms with E-state index in [1.54, 1.807) is 6.20 Å². The Bertz CT molecular complexity index is 525. The molecule has 0 saturated carbocycles. The first kappa shape index (κ1) is 15.7. The molecular weight excluding hydrogens is 268 g/mol. The highest BCUT2D eigenvalue weighted by molar-refractivity contribution is 5.80. The van der Waals surface area contributed by atoms with E-state index < -0.39 is 5.60 Å². The fourth-order valence-corrected chi connectivity index (χ4v) is 2.18. The third-order valence-corrected chi connectivity index (χ3v) is 3.39. The summed E-state index contributed by atoms with van der Waals surface area (Å²) < 4.78 is 5.51. The molecule has 2 heterocycles. The van der Waals surface area contributed by atoms with Gasteiger partial charge in [0.2, 0.25) is 5.95 Å². The van der Waals surface area contributed by atoms with Crippen molar-refractivity contribution < 1.29 is 9.53 Å². The molecule has 21 heavy (non-hydrogen) atoms. The maximum Gasteiger partial charge on any atom is 0.330 e. The number of carbonyl (C=O) groups excluding carboxylic acids is 1. The number of hydrogen-bond acceptors (Lipinski definition) is 6. The van der Waals surface area contributed by atoms with Crippen LogP contribution in [0.2, 0.25) is 0 Å². The normalized spacial score (nSPS) is 19.5. The lowest BCUT2D eigenvalue weighted by atomic mass is 10.1. The van der Waals surface area contributed by atoms with E-state index in [1.165, 1.54) is 0 Å². The van der Waals surface area contributed by atoms with Gasteiger partial charge in [-0.2, -0.15) is 0 Å². The molecule has 1 aromatic heterocycles. The number of rotatable bonds is 2. The molecule has 0 radical (unpaired) electrons. The van der Waals surface area contributed by atoms with Gasteiger partial charge < -0.3 is 15.0 Å². The standard InChI is InChI=1S/C15H24N4O2/c1-10-8-17-14(18-11(10)2)19-7-6-16-9-12(19)13(20)21-15(3,4)5/h8,12,16H,6-7,9H2,1-5H3. The molecule has 1 N–H and O–H groups in total. The minimum atomic E-state index is -0.496. The number of nitrogens with zero attached hydrogens (tertiary/aromatic N) is 3. The number of aromatic nitrogens is 2. The predicted molar refractivity (Wildman–Crippen MR) is 81.4 cm³/mol. The average Bonchev–Trinajstić information content (AvgIpc) is 2.40. The van der Waals surface area contributed by atoms with Gasteiger partial charge in [-0.1, -0.05) is 0 Å². The van der Waals surface area contributed by atoms with Crippen LogP contribution in [0.5, 0.6) is 0 Å². The number of ether oxygens (including phenoxy) is 1. The molecule has 1 aliphatic heterocycles. The molecule has 1 unspecified atom stereocenters. The van der Waals surface area contributed by atoms with Crippen LogP contribution < -0.4 is 10.2 Å². The molecule has 1 aliphatic rings. The van der Waals surface area contributed by atoms with Crippen LogP contribution >= 0.6 is 0 Å². The predicted octanol–water partition coefficient (Wildman–Crippen LogP) is 1.21. The summed E-state index contributed by atoms with van der Waals surface area (Å²) in [5.41, 5.74) is 1.48. The van der Waals surface area contributed by atoms with E-state index in [4.69, 9.17) is 4.74 Å². The first-order valence-electron chi connectivity index (χ1n) is 7.28. The highest BCUT2D eigenvalue weighted by atomic mass is 16.6. The third-order valence-electron chi connectivity index (χ3n) is 3.39. The Morgan fingerprint density at radius 2 is 2.14 bits per heavy atom. The second kappa shape index (κ2) is 5.97. The summed E-state index contributed by atoms with van der Waals surface area (Å²) >= 11 is 0. The SMILES string of the molecule is Cc1cnc(N2CCNCC2C(=O)OC(C)(C)C)nc1C. The van der Waals surface area contributed by atoms with Crippen LogP contribution in [0.15, 0.2) is 6.20 Å². The van der Waals surface area contributed by atoms with E-state index in [0.29, 0.717) is 19.0 Å². The van der Waals surface area contributed by atoms with Crippen LogP contribution in [0.25, 0.3) is 0 Å². The quantitative estimate of drug-likeness (QED) is 0.827. The minimum absolute atomic E-state index is 0.239. The molecule has 6 nitrogen and oxygen atoms in total. The number of piperazine rings is 1. The van der Waals surface area contributed by atoms with Crippen molar-refractivity contribution >= 4 is 11.9 Å². The Morgan fingerprint density at radius 3 is 2.76 bits per heavy atom. The molecule has 6 heteroatoms. The lowest BCUT2D eigenvalue weighted by Crippen LogP contribution is -2.57. The first-order valence-corrected chi connectivity index (χ1v) is 7.28. The highest BCUT2D eigenvalue weighted by Gasteiger charge is 2.33. The topological polar surface area (TPSA) is 67.4 Å². The van der Waals surface area contributed by atoms with Gasteiger partial charge in [-0.3, -0.25) is 0 Å². The van der Waals surface area contributed by atoms with Gasteiger partial charge in [0.15, 0.2) is 0 Å². The van der Waals surface area contributed by atoms with Crippen molar-refractivity contribution in [3.8, 4) is 0 Å². The second-order valence-corrected chi connectivity index (χ2v) is 6.39. The van der Waals surface area contributed by atoms with Gasteiger partial charge in [0.05, 0.1) is 0 Å². The van der Waals surface area contributed by atoms with Crippen molar-refractivity contribution in [1.82, 2.24) is 15.3 Å². The number of aryl methyl sites for hydroxylation is 2. The van der Waals surface area contributed by atoms with Gasteiger partial charge in [0.1, 0.15) is 11.6 Å².